The molecule has 0 saturated heterocycles. The van der Waals surface area contributed by atoms with Gasteiger partial charge in [0.05, 0.1) is 34.7 Å². The van der Waals surface area contributed by atoms with E-state index in [1.54, 1.807) is 17.5 Å². The van der Waals surface area contributed by atoms with Crippen molar-refractivity contribution in [3.63, 3.8) is 0 Å². The Kier molecular flexibility index (Phi) is 4.77. The minimum absolute atomic E-state index is 0.0533. The number of nitrogens with one attached hydrogen (secondary N) is 1. The third-order valence-electron chi connectivity index (χ3n) is 4.14. The standard InChI is InChI=1S/C16H23N5OS/c1-11-19-13(10-23-11)7-17-16(22)14-8-18-21-5-4-12(6-15(14)21)9-20(2)3/h8,10,12H,4-7,9H2,1-3H3,(H,17,22)/t12-/m1/s1. The summed E-state index contributed by atoms with van der Waals surface area (Å²) < 4.78 is 1.98. The van der Waals surface area contributed by atoms with Crippen LogP contribution in [0.25, 0.3) is 0 Å². The Bertz CT molecular complexity index is 690. The lowest BCUT2D eigenvalue weighted by molar-refractivity contribution is 0.0948. The van der Waals surface area contributed by atoms with Crippen molar-refractivity contribution in [2.24, 2.45) is 5.92 Å². The lowest BCUT2D eigenvalue weighted by Crippen LogP contribution is -2.31. The normalized spacial score (nSPS) is 17.3. The summed E-state index contributed by atoms with van der Waals surface area (Å²) in [5.41, 5.74) is 2.68. The van der Waals surface area contributed by atoms with Crippen LogP contribution in [0.3, 0.4) is 0 Å². The van der Waals surface area contributed by atoms with E-state index in [4.69, 9.17) is 0 Å². The first-order valence-corrected chi connectivity index (χ1v) is 8.79. The molecule has 0 saturated carbocycles. The molecule has 3 heterocycles. The van der Waals surface area contributed by atoms with Gasteiger partial charge in [0, 0.05) is 18.5 Å². The fourth-order valence-corrected chi connectivity index (χ4v) is 3.73. The van der Waals surface area contributed by atoms with Crippen molar-refractivity contribution in [2.45, 2.75) is 32.9 Å². The van der Waals surface area contributed by atoms with E-state index in [0.717, 1.165) is 42.3 Å². The number of rotatable bonds is 5. The largest absolute Gasteiger partial charge is 0.346 e. The van der Waals surface area contributed by atoms with E-state index in [2.05, 4.69) is 34.4 Å². The molecule has 6 nitrogen and oxygen atoms in total. The summed E-state index contributed by atoms with van der Waals surface area (Å²) in [6.45, 7) is 4.38. The second-order valence-electron chi connectivity index (χ2n) is 6.39. The van der Waals surface area contributed by atoms with Gasteiger partial charge in [0.15, 0.2) is 0 Å². The minimum atomic E-state index is -0.0533. The molecule has 0 unspecified atom stereocenters. The second kappa shape index (κ2) is 6.80. The fraction of sp³-hybridized carbons (Fsp3) is 0.562. The first-order valence-electron chi connectivity index (χ1n) is 7.91. The Morgan fingerprint density at radius 3 is 3.04 bits per heavy atom. The maximum Gasteiger partial charge on any atom is 0.255 e. The molecule has 0 fully saturated rings. The first-order chi connectivity index (χ1) is 11.0. The molecule has 0 aromatic carbocycles. The van der Waals surface area contributed by atoms with Gasteiger partial charge in [0.25, 0.3) is 5.91 Å². The molecule has 0 aliphatic carbocycles. The number of thiazole rings is 1. The summed E-state index contributed by atoms with van der Waals surface area (Å²) in [6, 6.07) is 0. The summed E-state index contributed by atoms with van der Waals surface area (Å²) in [7, 11) is 4.19. The van der Waals surface area contributed by atoms with E-state index >= 15 is 0 Å². The highest BCUT2D eigenvalue weighted by Crippen LogP contribution is 2.23. The van der Waals surface area contributed by atoms with E-state index in [-0.39, 0.29) is 5.91 Å². The van der Waals surface area contributed by atoms with Crippen LogP contribution in [-0.4, -0.2) is 46.2 Å². The summed E-state index contributed by atoms with van der Waals surface area (Å²) in [5, 5.41) is 10.3. The zero-order chi connectivity index (χ0) is 16.4. The molecule has 0 radical (unpaired) electrons. The van der Waals surface area contributed by atoms with E-state index in [1.165, 1.54) is 0 Å². The predicted molar refractivity (Wildman–Crippen MR) is 90.6 cm³/mol. The average Bonchev–Trinajstić information content (AvgIpc) is 3.10. The molecule has 0 bridgehead atoms. The van der Waals surface area contributed by atoms with Crippen molar-refractivity contribution in [2.75, 3.05) is 20.6 Å². The Balaban J connectivity index is 1.66. The minimum Gasteiger partial charge on any atom is -0.346 e. The first kappa shape index (κ1) is 16.1. The van der Waals surface area contributed by atoms with Gasteiger partial charge in [-0.15, -0.1) is 11.3 Å². The van der Waals surface area contributed by atoms with Crippen LogP contribution in [0, 0.1) is 12.8 Å². The molecule has 124 valence electrons. The highest BCUT2D eigenvalue weighted by molar-refractivity contribution is 7.09. The number of amides is 1. The van der Waals surface area contributed by atoms with Crippen molar-refractivity contribution in [1.29, 1.82) is 0 Å². The SMILES string of the molecule is Cc1nc(CNC(=O)c2cnn3c2C[C@H](CN(C)C)CC3)cs1. The summed E-state index contributed by atoms with van der Waals surface area (Å²) in [4.78, 5) is 19.1. The number of fused-ring (bicyclic) bond motifs is 1. The van der Waals surface area contributed by atoms with Crippen LogP contribution in [0.1, 0.15) is 33.2 Å². The second-order valence-corrected chi connectivity index (χ2v) is 7.45. The van der Waals surface area contributed by atoms with Crippen LogP contribution in [0.5, 0.6) is 0 Å². The lowest BCUT2D eigenvalue weighted by atomic mass is 9.94. The number of nitrogens with zero attached hydrogens (tertiary/aromatic N) is 4. The molecular weight excluding hydrogens is 310 g/mol. The molecule has 1 aliphatic heterocycles. The number of aromatic nitrogens is 3. The number of hydrogen-bond donors (Lipinski definition) is 1. The van der Waals surface area contributed by atoms with E-state index in [1.807, 2.05) is 17.0 Å². The molecule has 1 N–H and O–H groups in total. The zero-order valence-electron chi connectivity index (χ0n) is 13.9. The summed E-state index contributed by atoms with van der Waals surface area (Å²) in [5.74, 6) is 0.532. The molecule has 23 heavy (non-hydrogen) atoms. The van der Waals surface area contributed by atoms with E-state index in [0.29, 0.717) is 18.0 Å². The van der Waals surface area contributed by atoms with E-state index < -0.39 is 0 Å². The molecule has 2 aromatic heterocycles. The van der Waals surface area contributed by atoms with Gasteiger partial charge in [-0.3, -0.25) is 9.48 Å². The topological polar surface area (TPSA) is 63.1 Å². The number of hydrogen-bond acceptors (Lipinski definition) is 5. The quantitative estimate of drug-likeness (QED) is 0.905. The van der Waals surface area contributed by atoms with Crippen LogP contribution < -0.4 is 5.32 Å². The molecule has 1 aliphatic rings. The van der Waals surface area contributed by atoms with Gasteiger partial charge in [-0.2, -0.15) is 5.10 Å². The third-order valence-corrected chi connectivity index (χ3v) is 4.97. The summed E-state index contributed by atoms with van der Waals surface area (Å²) in [6.07, 6.45) is 3.73. The van der Waals surface area contributed by atoms with Crippen LogP contribution >= 0.6 is 11.3 Å². The van der Waals surface area contributed by atoms with Gasteiger partial charge in [-0.05, 0) is 39.8 Å². The van der Waals surface area contributed by atoms with Crippen LogP contribution in [-0.2, 0) is 19.5 Å². The van der Waals surface area contributed by atoms with E-state index in [9.17, 15) is 4.79 Å². The molecule has 7 heteroatoms. The van der Waals surface area contributed by atoms with Crippen molar-refractivity contribution >= 4 is 17.2 Å². The van der Waals surface area contributed by atoms with Crippen LogP contribution in [0.15, 0.2) is 11.6 Å². The van der Waals surface area contributed by atoms with Gasteiger partial charge in [-0.1, -0.05) is 0 Å². The van der Waals surface area contributed by atoms with Gasteiger partial charge < -0.3 is 10.2 Å². The molecule has 3 rings (SSSR count). The Labute approximate surface area is 140 Å². The monoisotopic (exact) mass is 333 g/mol. The summed E-state index contributed by atoms with van der Waals surface area (Å²) >= 11 is 1.60. The highest BCUT2D eigenvalue weighted by atomic mass is 32.1. The molecule has 2 aromatic rings. The van der Waals surface area contributed by atoms with Gasteiger partial charge in [0.1, 0.15) is 0 Å². The van der Waals surface area contributed by atoms with Gasteiger partial charge in [0.2, 0.25) is 0 Å². The van der Waals surface area contributed by atoms with Crippen LogP contribution in [0.2, 0.25) is 0 Å². The predicted octanol–water partition coefficient (Wildman–Crippen LogP) is 1.70. The maximum absolute atomic E-state index is 12.5. The van der Waals surface area contributed by atoms with Crippen molar-refractivity contribution in [3.8, 4) is 0 Å². The third kappa shape index (κ3) is 3.79. The number of carbonyl (C=O) groups excluding carboxylic acids is 1. The maximum atomic E-state index is 12.5. The molecule has 0 spiro atoms. The lowest BCUT2D eigenvalue weighted by Gasteiger charge is -2.26. The number of carbonyl (C=O) groups is 1. The average molecular weight is 333 g/mol. The Hall–Kier alpha value is -1.73. The smallest absolute Gasteiger partial charge is 0.255 e. The molecular formula is C16H23N5OS. The molecule has 1 atom stereocenters. The van der Waals surface area contributed by atoms with Crippen molar-refractivity contribution in [1.82, 2.24) is 25.0 Å². The van der Waals surface area contributed by atoms with Gasteiger partial charge >= 0.3 is 0 Å². The Morgan fingerprint density at radius 2 is 2.35 bits per heavy atom. The molecule has 1 amide bonds. The van der Waals surface area contributed by atoms with Crippen molar-refractivity contribution < 1.29 is 4.79 Å². The fourth-order valence-electron chi connectivity index (χ4n) is 3.12. The zero-order valence-corrected chi connectivity index (χ0v) is 14.7. The van der Waals surface area contributed by atoms with Crippen LogP contribution in [0.4, 0.5) is 0 Å². The highest BCUT2D eigenvalue weighted by Gasteiger charge is 2.25. The van der Waals surface area contributed by atoms with Crippen molar-refractivity contribution in [3.05, 3.63) is 33.5 Å². The Morgan fingerprint density at radius 1 is 1.52 bits per heavy atom. The van der Waals surface area contributed by atoms with Gasteiger partial charge in [-0.25, -0.2) is 4.98 Å². The number of aryl methyl sites for hydroxylation is 2.